The molecular weight excluding hydrogens is 333 g/mol. The third-order valence-electron chi connectivity index (χ3n) is 3.94. The first-order valence-electron chi connectivity index (χ1n) is 8.40. The molecule has 134 valence electrons. The van der Waals surface area contributed by atoms with Crippen molar-refractivity contribution in [3.63, 3.8) is 0 Å². The summed E-state index contributed by atoms with van der Waals surface area (Å²) in [5, 5.41) is 5.58. The normalized spacial score (nSPS) is 10.5. The van der Waals surface area contributed by atoms with Gasteiger partial charge in [-0.3, -0.25) is 0 Å². The van der Waals surface area contributed by atoms with Crippen molar-refractivity contribution < 1.29 is 13.6 Å². The molecule has 0 aliphatic heterocycles. The predicted octanol–water partition coefficient (Wildman–Crippen LogP) is 3.83. The van der Waals surface area contributed by atoms with Crippen LogP contribution in [-0.4, -0.2) is 17.6 Å². The van der Waals surface area contributed by atoms with Gasteiger partial charge in [0, 0.05) is 19.5 Å². The van der Waals surface area contributed by atoms with Gasteiger partial charge in [0.15, 0.2) is 0 Å². The van der Waals surface area contributed by atoms with E-state index in [4.69, 9.17) is 4.42 Å². The van der Waals surface area contributed by atoms with E-state index in [-0.39, 0.29) is 17.7 Å². The van der Waals surface area contributed by atoms with Gasteiger partial charge < -0.3 is 15.1 Å². The van der Waals surface area contributed by atoms with E-state index in [1.807, 2.05) is 30.3 Å². The van der Waals surface area contributed by atoms with Crippen LogP contribution in [-0.2, 0) is 13.0 Å². The van der Waals surface area contributed by atoms with Gasteiger partial charge in [-0.2, -0.15) is 0 Å². The Morgan fingerprint density at radius 2 is 1.81 bits per heavy atom. The van der Waals surface area contributed by atoms with Crippen LogP contribution in [0.25, 0.3) is 11.5 Å². The van der Waals surface area contributed by atoms with Crippen molar-refractivity contribution in [2.24, 2.45) is 0 Å². The summed E-state index contributed by atoms with van der Waals surface area (Å²) >= 11 is 0. The molecular formula is C20H20FN3O2. The smallest absolute Gasteiger partial charge is 0.315 e. The van der Waals surface area contributed by atoms with Gasteiger partial charge in [0.25, 0.3) is 0 Å². The monoisotopic (exact) mass is 353 g/mol. The number of aryl methyl sites for hydroxylation is 1. The number of aromatic nitrogens is 1. The van der Waals surface area contributed by atoms with Crippen molar-refractivity contribution in [3.05, 3.63) is 77.4 Å². The summed E-state index contributed by atoms with van der Waals surface area (Å²) in [6, 6.07) is 15.8. The molecule has 5 nitrogen and oxygen atoms in total. The first kappa shape index (κ1) is 17.7. The zero-order valence-corrected chi connectivity index (χ0v) is 14.5. The van der Waals surface area contributed by atoms with Gasteiger partial charge in [-0.15, -0.1) is 0 Å². The topological polar surface area (TPSA) is 67.2 Å². The number of carbonyl (C=O) groups excluding carboxylic acids is 1. The standard InChI is InChI=1S/C20H20FN3O2/c1-14-18(24-19(26-14)16-9-5-6-10-17(16)21)11-12-22-20(25)23-13-15-7-3-2-4-8-15/h2-10H,11-13H2,1H3,(H2,22,23,25). The molecule has 0 atom stereocenters. The summed E-state index contributed by atoms with van der Waals surface area (Å²) in [6.07, 6.45) is 0.503. The van der Waals surface area contributed by atoms with Crippen molar-refractivity contribution in [2.45, 2.75) is 19.9 Å². The van der Waals surface area contributed by atoms with Gasteiger partial charge in [-0.25, -0.2) is 14.2 Å². The van der Waals surface area contributed by atoms with Crippen LogP contribution >= 0.6 is 0 Å². The molecule has 0 unspecified atom stereocenters. The highest BCUT2D eigenvalue weighted by atomic mass is 19.1. The van der Waals surface area contributed by atoms with Crippen LogP contribution in [0.3, 0.4) is 0 Å². The maximum Gasteiger partial charge on any atom is 0.315 e. The molecule has 2 N–H and O–H groups in total. The predicted molar refractivity (Wildman–Crippen MR) is 97.0 cm³/mol. The summed E-state index contributed by atoms with van der Waals surface area (Å²) in [6.45, 7) is 2.65. The number of carbonyl (C=O) groups is 1. The van der Waals surface area contributed by atoms with Crippen LogP contribution in [0.2, 0.25) is 0 Å². The highest BCUT2D eigenvalue weighted by Crippen LogP contribution is 2.24. The molecule has 0 saturated heterocycles. The first-order chi connectivity index (χ1) is 12.6. The molecule has 0 saturated carbocycles. The molecule has 0 aliphatic carbocycles. The minimum atomic E-state index is -0.376. The Labute approximate surface area is 151 Å². The molecule has 0 aliphatic rings. The van der Waals surface area contributed by atoms with Gasteiger partial charge >= 0.3 is 6.03 Å². The molecule has 1 heterocycles. The van der Waals surface area contributed by atoms with Crippen molar-refractivity contribution in [1.82, 2.24) is 15.6 Å². The van der Waals surface area contributed by atoms with E-state index >= 15 is 0 Å². The number of urea groups is 1. The Morgan fingerprint density at radius 3 is 2.58 bits per heavy atom. The Bertz CT molecular complexity index is 878. The highest BCUT2D eigenvalue weighted by molar-refractivity contribution is 5.73. The summed E-state index contributed by atoms with van der Waals surface area (Å²) < 4.78 is 19.4. The summed E-state index contributed by atoms with van der Waals surface area (Å²) in [5.74, 6) is 0.498. The van der Waals surface area contributed by atoms with E-state index in [0.29, 0.717) is 36.5 Å². The highest BCUT2D eigenvalue weighted by Gasteiger charge is 2.14. The lowest BCUT2D eigenvalue weighted by molar-refractivity contribution is 0.240. The van der Waals surface area contributed by atoms with Gasteiger partial charge in [-0.05, 0) is 24.6 Å². The molecule has 2 aromatic carbocycles. The molecule has 0 spiro atoms. The number of rotatable bonds is 6. The largest absolute Gasteiger partial charge is 0.441 e. The molecule has 0 bridgehead atoms. The molecule has 2 amide bonds. The maximum atomic E-state index is 13.8. The lowest BCUT2D eigenvalue weighted by Crippen LogP contribution is -2.36. The van der Waals surface area contributed by atoms with E-state index in [1.165, 1.54) is 6.07 Å². The van der Waals surface area contributed by atoms with Crippen LogP contribution < -0.4 is 10.6 Å². The van der Waals surface area contributed by atoms with E-state index < -0.39 is 0 Å². The van der Waals surface area contributed by atoms with Crippen LogP contribution in [0.1, 0.15) is 17.0 Å². The van der Waals surface area contributed by atoms with Crippen LogP contribution in [0, 0.1) is 12.7 Å². The van der Waals surface area contributed by atoms with E-state index in [1.54, 1.807) is 25.1 Å². The molecule has 0 radical (unpaired) electrons. The van der Waals surface area contributed by atoms with Gasteiger partial charge in [0.2, 0.25) is 5.89 Å². The second kappa shape index (κ2) is 8.29. The fraction of sp³-hybridized carbons (Fsp3) is 0.200. The molecule has 0 fully saturated rings. The van der Waals surface area contributed by atoms with Crippen molar-refractivity contribution in [1.29, 1.82) is 0 Å². The summed E-state index contributed by atoms with van der Waals surface area (Å²) in [7, 11) is 0. The zero-order chi connectivity index (χ0) is 18.4. The first-order valence-corrected chi connectivity index (χ1v) is 8.40. The van der Waals surface area contributed by atoms with Crippen LogP contribution in [0.5, 0.6) is 0 Å². The van der Waals surface area contributed by atoms with Gasteiger partial charge in [0.05, 0.1) is 11.3 Å². The summed E-state index contributed by atoms with van der Waals surface area (Å²) in [5.41, 5.74) is 2.06. The Hall–Kier alpha value is -3.15. The van der Waals surface area contributed by atoms with Crippen LogP contribution in [0.15, 0.2) is 59.0 Å². The van der Waals surface area contributed by atoms with Gasteiger partial charge in [0.1, 0.15) is 11.6 Å². The summed E-state index contributed by atoms with van der Waals surface area (Å²) in [4.78, 5) is 16.2. The Morgan fingerprint density at radius 1 is 1.08 bits per heavy atom. The van der Waals surface area contributed by atoms with E-state index in [0.717, 1.165) is 5.56 Å². The molecule has 26 heavy (non-hydrogen) atoms. The zero-order valence-electron chi connectivity index (χ0n) is 14.5. The molecule has 3 aromatic rings. The average Bonchev–Trinajstić information content (AvgIpc) is 3.02. The van der Waals surface area contributed by atoms with E-state index in [2.05, 4.69) is 15.6 Å². The molecule has 1 aromatic heterocycles. The number of halogens is 1. The molecule has 3 rings (SSSR count). The fourth-order valence-electron chi connectivity index (χ4n) is 2.54. The number of hydrogen-bond donors (Lipinski definition) is 2. The van der Waals surface area contributed by atoms with Crippen LogP contribution in [0.4, 0.5) is 9.18 Å². The minimum absolute atomic E-state index is 0.246. The molecule has 6 heteroatoms. The average molecular weight is 353 g/mol. The quantitative estimate of drug-likeness (QED) is 0.708. The third kappa shape index (κ3) is 4.47. The van der Waals surface area contributed by atoms with Crippen molar-refractivity contribution in [3.8, 4) is 11.5 Å². The number of hydrogen-bond acceptors (Lipinski definition) is 3. The maximum absolute atomic E-state index is 13.8. The third-order valence-corrected chi connectivity index (χ3v) is 3.94. The lowest BCUT2D eigenvalue weighted by atomic mass is 10.2. The Balaban J connectivity index is 1.51. The number of amides is 2. The lowest BCUT2D eigenvalue weighted by Gasteiger charge is -2.07. The number of nitrogens with zero attached hydrogens (tertiary/aromatic N) is 1. The Kier molecular flexibility index (Phi) is 5.63. The second-order valence-electron chi connectivity index (χ2n) is 5.85. The van der Waals surface area contributed by atoms with E-state index in [9.17, 15) is 9.18 Å². The van der Waals surface area contributed by atoms with Crippen molar-refractivity contribution in [2.75, 3.05) is 6.54 Å². The number of benzene rings is 2. The number of oxazole rings is 1. The SMILES string of the molecule is Cc1oc(-c2ccccc2F)nc1CCNC(=O)NCc1ccccc1. The van der Waals surface area contributed by atoms with Gasteiger partial charge in [-0.1, -0.05) is 42.5 Å². The second-order valence-corrected chi connectivity index (χ2v) is 5.85. The minimum Gasteiger partial charge on any atom is -0.441 e. The fourth-order valence-corrected chi connectivity index (χ4v) is 2.54. The van der Waals surface area contributed by atoms with Crippen molar-refractivity contribution >= 4 is 6.03 Å². The number of nitrogens with one attached hydrogen (secondary N) is 2.